The van der Waals surface area contributed by atoms with E-state index in [4.69, 9.17) is 14.6 Å². The lowest BCUT2D eigenvalue weighted by atomic mass is 9.75. The fourth-order valence-electron chi connectivity index (χ4n) is 4.17. The summed E-state index contributed by atoms with van der Waals surface area (Å²) in [5.41, 5.74) is 0.493. The van der Waals surface area contributed by atoms with Crippen LogP contribution in [0.1, 0.15) is 44.9 Å². The lowest BCUT2D eigenvalue weighted by Crippen LogP contribution is -2.47. The van der Waals surface area contributed by atoms with Gasteiger partial charge in [-0.3, -0.25) is 0 Å². The molecule has 2 heterocycles. The topological polar surface area (TPSA) is 50.7 Å². The van der Waals surface area contributed by atoms with Crippen LogP contribution >= 0.6 is 0 Å². The van der Waals surface area contributed by atoms with E-state index in [-0.39, 0.29) is 12.7 Å². The summed E-state index contributed by atoms with van der Waals surface area (Å²) in [6.07, 6.45) is 8.91. The molecular weight excluding hydrogens is 242 g/mol. The predicted molar refractivity (Wildman–Crippen MR) is 73.1 cm³/mol. The minimum atomic E-state index is 0.0763. The molecule has 3 rings (SSSR count). The van der Waals surface area contributed by atoms with Crippen LogP contribution in [0.5, 0.6) is 0 Å². The molecule has 2 saturated heterocycles. The summed E-state index contributed by atoms with van der Waals surface area (Å²) < 4.78 is 11.3. The third-order valence-electron chi connectivity index (χ3n) is 5.39. The molecule has 0 aromatic heterocycles. The predicted octanol–water partition coefficient (Wildman–Crippen LogP) is 1.47. The SMILES string of the molecule is OC[C@@H]1CC[C@H](CNC2CCCC23CCOCC3)O1. The molecule has 0 amide bonds. The highest BCUT2D eigenvalue weighted by Crippen LogP contribution is 2.46. The Kier molecular flexibility index (Phi) is 4.42. The van der Waals surface area contributed by atoms with E-state index in [0.717, 1.165) is 32.6 Å². The lowest BCUT2D eigenvalue weighted by Gasteiger charge is -2.39. The number of aliphatic hydroxyl groups is 1. The quantitative estimate of drug-likeness (QED) is 0.811. The number of aliphatic hydroxyl groups excluding tert-OH is 1. The third-order valence-corrected chi connectivity index (χ3v) is 5.39. The van der Waals surface area contributed by atoms with Crippen molar-refractivity contribution in [3.05, 3.63) is 0 Å². The highest BCUT2D eigenvalue weighted by molar-refractivity contribution is 4.98. The van der Waals surface area contributed by atoms with Gasteiger partial charge in [0.15, 0.2) is 0 Å². The number of nitrogens with one attached hydrogen (secondary N) is 1. The second-order valence-electron chi connectivity index (χ2n) is 6.47. The summed E-state index contributed by atoms with van der Waals surface area (Å²) in [5, 5.41) is 12.9. The zero-order chi connectivity index (χ0) is 13.1. The molecule has 110 valence electrons. The van der Waals surface area contributed by atoms with E-state index in [2.05, 4.69) is 5.32 Å². The maximum absolute atomic E-state index is 9.10. The summed E-state index contributed by atoms with van der Waals surface area (Å²) in [5.74, 6) is 0. The number of ether oxygens (including phenoxy) is 2. The number of hydrogen-bond acceptors (Lipinski definition) is 4. The van der Waals surface area contributed by atoms with Crippen molar-refractivity contribution in [3.8, 4) is 0 Å². The fraction of sp³-hybridized carbons (Fsp3) is 1.00. The zero-order valence-corrected chi connectivity index (χ0v) is 11.8. The first-order valence-electron chi connectivity index (χ1n) is 7.90. The number of rotatable bonds is 4. The van der Waals surface area contributed by atoms with Gasteiger partial charge in [-0.15, -0.1) is 0 Å². The molecule has 1 saturated carbocycles. The first-order valence-corrected chi connectivity index (χ1v) is 7.90. The van der Waals surface area contributed by atoms with Crippen LogP contribution in [0, 0.1) is 5.41 Å². The highest BCUT2D eigenvalue weighted by Gasteiger charge is 2.43. The van der Waals surface area contributed by atoms with Crippen LogP contribution in [0.4, 0.5) is 0 Å². The van der Waals surface area contributed by atoms with E-state index in [9.17, 15) is 0 Å². The van der Waals surface area contributed by atoms with Gasteiger partial charge in [0.2, 0.25) is 0 Å². The normalized spacial score (nSPS) is 38.1. The van der Waals surface area contributed by atoms with E-state index in [1.807, 2.05) is 0 Å². The van der Waals surface area contributed by atoms with Gasteiger partial charge in [-0.05, 0) is 43.9 Å². The molecule has 0 aromatic carbocycles. The van der Waals surface area contributed by atoms with E-state index < -0.39 is 0 Å². The van der Waals surface area contributed by atoms with Crippen LogP contribution in [0.3, 0.4) is 0 Å². The molecule has 1 unspecified atom stereocenters. The van der Waals surface area contributed by atoms with Crippen molar-refractivity contribution in [3.63, 3.8) is 0 Å². The molecule has 0 radical (unpaired) electrons. The molecule has 0 bridgehead atoms. The molecule has 2 aliphatic heterocycles. The third kappa shape index (κ3) is 2.97. The van der Waals surface area contributed by atoms with Gasteiger partial charge >= 0.3 is 0 Å². The Morgan fingerprint density at radius 3 is 2.58 bits per heavy atom. The minimum Gasteiger partial charge on any atom is -0.394 e. The van der Waals surface area contributed by atoms with Crippen molar-refractivity contribution in [1.29, 1.82) is 0 Å². The monoisotopic (exact) mass is 269 g/mol. The summed E-state index contributed by atoms with van der Waals surface area (Å²) in [6.45, 7) is 2.99. The van der Waals surface area contributed by atoms with Gasteiger partial charge in [-0.25, -0.2) is 0 Å². The van der Waals surface area contributed by atoms with Gasteiger partial charge in [0.05, 0.1) is 18.8 Å². The molecule has 3 atom stereocenters. The molecule has 2 N–H and O–H groups in total. The summed E-state index contributed by atoms with van der Waals surface area (Å²) >= 11 is 0. The average Bonchev–Trinajstić information content (AvgIpc) is 3.05. The molecule has 1 aliphatic carbocycles. The Morgan fingerprint density at radius 1 is 1.05 bits per heavy atom. The highest BCUT2D eigenvalue weighted by atomic mass is 16.5. The van der Waals surface area contributed by atoms with Crippen LogP contribution in [0.25, 0.3) is 0 Å². The second-order valence-corrected chi connectivity index (χ2v) is 6.47. The number of hydrogen-bond donors (Lipinski definition) is 2. The van der Waals surface area contributed by atoms with Crippen molar-refractivity contribution >= 4 is 0 Å². The molecule has 3 aliphatic rings. The van der Waals surface area contributed by atoms with Crippen molar-refractivity contribution in [2.24, 2.45) is 5.41 Å². The van der Waals surface area contributed by atoms with Crippen LogP contribution in [-0.2, 0) is 9.47 Å². The van der Waals surface area contributed by atoms with Gasteiger partial charge in [0.1, 0.15) is 0 Å². The van der Waals surface area contributed by atoms with E-state index in [0.29, 0.717) is 17.6 Å². The van der Waals surface area contributed by atoms with Gasteiger partial charge in [0, 0.05) is 25.8 Å². The van der Waals surface area contributed by atoms with Gasteiger partial charge in [-0.2, -0.15) is 0 Å². The standard InChI is InChI=1S/C15H27NO3/c17-11-13-4-3-12(19-13)10-16-14-2-1-5-15(14)6-8-18-9-7-15/h12-14,16-17H,1-11H2/t12-,13+,14?/m1/s1. The Bertz CT molecular complexity index is 291. The van der Waals surface area contributed by atoms with E-state index in [1.54, 1.807) is 0 Å². The van der Waals surface area contributed by atoms with Crippen LogP contribution < -0.4 is 5.32 Å². The Hall–Kier alpha value is -0.160. The maximum Gasteiger partial charge on any atom is 0.0811 e. The average molecular weight is 269 g/mol. The molecule has 1 spiro atoms. The Labute approximate surface area is 115 Å². The van der Waals surface area contributed by atoms with Crippen molar-refractivity contribution in [2.75, 3.05) is 26.4 Å². The second kappa shape index (κ2) is 6.08. The largest absolute Gasteiger partial charge is 0.394 e. The first kappa shape index (κ1) is 13.8. The molecule has 3 fully saturated rings. The molecule has 4 heteroatoms. The fourth-order valence-corrected chi connectivity index (χ4v) is 4.17. The van der Waals surface area contributed by atoms with Crippen molar-refractivity contribution < 1.29 is 14.6 Å². The first-order chi connectivity index (χ1) is 9.32. The molecule has 19 heavy (non-hydrogen) atoms. The van der Waals surface area contributed by atoms with Crippen LogP contribution in [0.15, 0.2) is 0 Å². The maximum atomic E-state index is 9.10. The summed E-state index contributed by atoms with van der Waals surface area (Å²) in [7, 11) is 0. The zero-order valence-electron chi connectivity index (χ0n) is 11.8. The minimum absolute atomic E-state index is 0.0763. The van der Waals surface area contributed by atoms with Gasteiger partial charge in [-0.1, -0.05) is 6.42 Å². The van der Waals surface area contributed by atoms with Crippen LogP contribution in [0.2, 0.25) is 0 Å². The van der Waals surface area contributed by atoms with Gasteiger partial charge in [0.25, 0.3) is 0 Å². The Balaban J connectivity index is 1.49. The van der Waals surface area contributed by atoms with E-state index >= 15 is 0 Å². The van der Waals surface area contributed by atoms with Crippen LogP contribution in [-0.4, -0.2) is 49.7 Å². The molecule has 4 nitrogen and oxygen atoms in total. The smallest absolute Gasteiger partial charge is 0.0811 e. The summed E-state index contributed by atoms with van der Waals surface area (Å²) in [6, 6.07) is 0.646. The Morgan fingerprint density at radius 2 is 1.84 bits per heavy atom. The molecular formula is C15H27NO3. The van der Waals surface area contributed by atoms with Crippen molar-refractivity contribution in [1.82, 2.24) is 5.32 Å². The lowest BCUT2D eigenvalue weighted by molar-refractivity contribution is -0.00713. The molecule has 0 aromatic rings. The van der Waals surface area contributed by atoms with E-state index in [1.165, 1.54) is 32.1 Å². The van der Waals surface area contributed by atoms with Gasteiger partial charge < -0.3 is 19.9 Å². The van der Waals surface area contributed by atoms with Crippen molar-refractivity contribution in [2.45, 2.75) is 63.2 Å². The summed E-state index contributed by atoms with van der Waals surface area (Å²) in [4.78, 5) is 0.